The number of carbonyl (C=O) groups excluding carboxylic acids is 2. The van der Waals surface area contributed by atoms with E-state index in [0.29, 0.717) is 25.7 Å². The van der Waals surface area contributed by atoms with Crippen LogP contribution in [0.15, 0.2) is 0 Å². The zero-order chi connectivity index (χ0) is 25.2. The average molecular weight is 471 g/mol. The van der Waals surface area contributed by atoms with Crippen LogP contribution < -0.4 is 16.4 Å². The topological polar surface area (TPSA) is 171 Å². The van der Waals surface area contributed by atoms with Crippen LogP contribution in [0.5, 0.6) is 0 Å². The highest BCUT2D eigenvalue weighted by atomic mass is 16.6. The van der Waals surface area contributed by atoms with Gasteiger partial charge in [0.25, 0.3) is 0 Å². The zero-order valence-electron chi connectivity index (χ0n) is 20.4. The van der Waals surface area contributed by atoms with Gasteiger partial charge in [0.05, 0.1) is 0 Å². The number of amides is 2. The van der Waals surface area contributed by atoms with Crippen LogP contribution in [-0.4, -0.2) is 64.0 Å². The molecule has 0 aromatic carbocycles. The van der Waals surface area contributed by atoms with Gasteiger partial charge in [0.2, 0.25) is 5.91 Å². The molecule has 190 valence electrons. The first-order chi connectivity index (χ1) is 15.3. The van der Waals surface area contributed by atoms with Crippen molar-refractivity contribution >= 4 is 25.1 Å². The summed E-state index contributed by atoms with van der Waals surface area (Å²) in [5.74, 6) is -2.04. The second kappa shape index (κ2) is 13.1. The van der Waals surface area contributed by atoms with Crippen LogP contribution in [0.25, 0.3) is 0 Å². The first-order valence-corrected chi connectivity index (χ1v) is 11.9. The molecule has 2 amide bonds. The summed E-state index contributed by atoms with van der Waals surface area (Å²) in [6.45, 7) is 7.34. The van der Waals surface area contributed by atoms with Gasteiger partial charge in [-0.1, -0.05) is 32.6 Å². The van der Waals surface area contributed by atoms with Crippen LogP contribution in [0.4, 0.5) is 4.79 Å². The van der Waals surface area contributed by atoms with Crippen molar-refractivity contribution in [2.24, 2.45) is 17.6 Å². The minimum absolute atomic E-state index is 0.0320. The van der Waals surface area contributed by atoms with E-state index in [1.165, 1.54) is 0 Å². The molecule has 11 heteroatoms. The quantitative estimate of drug-likeness (QED) is 0.184. The Morgan fingerprint density at radius 1 is 1.21 bits per heavy atom. The largest absolute Gasteiger partial charge is 0.480 e. The third kappa shape index (κ3) is 10.3. The van der Waals surface area contributed by atoms with Crippen LogP contribution in [0.1, 0.15) is 79.1 Å². The summed E-state index contributed by atoms with van der Waals surface area (Å²) in [6.07, 6.45) is 4.42. The SMILES string of the molecule is CCCCC[C@H](NC(=O)OC(C)(C)C)C(=O)NC[C@@H]1CC[C@@H](CCB(O)O)C[C@]1(N)C(=O)O. The molecule has 1 rings (SSSR count). The number of nitrogens with two attached hydrogens (primary N) is 1. The Kier molecular flexibility index (Phi) is 11.6. The lowest BCUT2D eigenvalue weighted by Crippen LogP contribution is -2.60. The molecule has 10 nitrogen and oxygen atoms in total. The van der Waals surface area contributed by atoms with E-state index in [2.05, 4.69) is 10.6 Å². The van der Waals surface area contributed by atoms with Crippen LogP contribution in [0.3, 0.4) is 0 Å². The Labute approximate surface area is 197 Å². The molecule has 1 aliphatic rings. The maximum atomic E-state index is 12.9. The molecule has 0 aromatic heterocycles. The maximum Gasteiger partial charge on any atom is 0.451 e. The average Bonchev–Trinajstić information content (AvgIpc) is 2.69. The van der Waals surface area contributed by atoms with E-state index >= 15 is 0 Å². The fraction of sp³-hybridized carbons (Fsp3) is 0.864. The predicted molar refractivity (Wildman–Crippen MR) is 125 cm³/mol. The van der Waals surface area contributed by atoms with Crippen molar-refractivity contribution < 1.29 is 34.3 Å². The van der Waals surface area contributed by atoms with Gasteiger partial charge in [0.1, 0.15) is 17.2 Å². The maximum absolute atomic E-state index is 12.9. The van der Waals surface area contributed by atoms with Crippen molar-refractivity contribution in [1.29, 1.82) is 0 Å². The summed E-state index contributed by atoms with van der Waals surface area (Å²) >= 11 is 0. The van der Waals surface area contributed by atoms with Crippen LogP contribution in [-0.2, 0) is 14.3 Å². The van der Waals surface area contributed by atoms with Crippen molar-refractivity contribution in [2.75, 3.05) is 6.54 Å². The van der Waals surface area contributed by atoms with Gasteiger partial charge >= 0.3 is 19.2 Å². The number of carboxylic acids is 1. The molecule has 0 heterocycles. The Morgan fingerprint density at radius 2 is 1.88 bits per heavy atom. The molecule has 4 atom stereocenters. The number of ether oxygens (including phenoxy) is 1. The molecule has 0 aliphatic heterocycles. The van der Waals surface area contributed by atoms with E-state index in [-0.39, 0.29) is 25.2 Å². The third-order valence-electron chi connectivity index (χ3n) is 6.14. The fourth-order valence-corrected chi connectivity index (χ4v) is 4.28. The highest BCUT2D eigenvalue weighted by Crippen LogP contribution is 2.38. The lowest BCUT2D eigenvalue weighted by molar-refractivity contribution is -0.148. The number of hydrogen-bond donors (Lipinski definition) is 6. The van der Waals surface area contributed by atoms with Gasteiger partial charge in [-0.2, -0.15) is 0 Å². The van der Waals surface area contributed by atoms with Crippen LogP contribution in [0, 0.1) is 11.8 Å². The summed E-state index contributed by atoms with van der Waals surface area (Å²) in [5, 5.41) is 33.4. The standard InChI is InChI=1S/C22H42BN3O7/c1-5-6-7-8-17(26-20(30)33-21(2,3)4)18(27)25-14-16-10-9-15(11-12-23(31)32)13-22(16,24)19(28)29/h15-17,31-32H,5-14,24H2,1-4H3,(H,25,27)(H,26,30)(H,28,29)/t15-,16-,17-,22+/m0/s1. The third-order valence-corrected chi connectivity index (χ3v) is 6.14. The summed E-state index contributed by atoms with van der Waals surface area (Å²) < 4.78 is 5.27. The number of carboxylic acid groups (broad SMARTS) is 1. The molecule has 1 fully saturated rings. The van der Waals surface area contributed by atoms with Crippen LogP contribution >= 0.6 is 0 Å². The number of nitrogens with one attached hydrogen (secondary N) is 2. The van der Waals surface area contributed by atoms with E-state index in [0.717, 1.165) is 19.3 Å². The lowest BCUT2D eigenvalue weighted by atomic mass is 9.66. The Hall–Kier alpha value is -1.85. The predicted octanol–water partition coefficient (Wildman–Crippen LogP) is 1.64. The van der Waals surface area contributed by atoms with Gasteiger partial charge in [-0.3, -0.25) is 9.59 Å². The molecule has 1 saturated carbocycles. The van der Waals surface area contributed by atoms with Gasteiger partial charge < -0.3 is 36.3 Å². The lowest BCUT2D eigenvalue weighted by Gasteiger charge is -2.41. The summed E-state index contributed by atoms with van der Waals surface area (Å²) in [4.78, 5) is 37.1. The molecule has 1 aliphatic carbocycles. The summed E-state index contributed by atoms with van der Waals surface area (Å²) in [7, 11) is -1.43. The number of rotatable bonds is 12. The van der Waals surface area contributed by atoms with E-state index in [9.17, 15) is 19.5 Å². The van der Waals surface area contributed by atoms with Gasteiger partial charge in [-0.25, -0.2) is 4.79 Å². The number of unbranched alkanes of at least 4 members (excludes halogenated alkanes) is 2. The van der Waals surface area contributed by atoms with E-state index < -0.39 is 48.2 Å². The second-order valence-corrected chi connectivity index (χ2v) is 10.2. The molecular weight excluding hydrogens is 429 g/mol. The summed E-state index contributed by atoms with van der Waals surface area (Å²) in [5.41, 5.74) is 4.07. The Morgan fingerprint density at radius 3 is 2.42 bits per heavy atom. The highest BCUT2D eigenvalue weighted by Gasteiger charge is 2.47. The van der Waals surface area contributed by atoms with Gasteiger partial charge in [-0.05, 0) is 58.7 Å². The van der Waals surface area contributed by atoms with Crippen LogP contribution in [0.2, 0.25) is 6.32 Å². The molecule has 7 N–H and O–H groups in total. The molecule has 0 aromatic rings. The van der Waals surface area contributed by atoms with Gasteiger partial charge in [0, 0.05) is 12.5 Å². The van der Waals surface area contributed by atoms with Crippen molar-refractivity contribution in [3.8, 4) is 0 Å². The molecule has 0 spiro atoms. The fourth-order valence-electron chi connectivity index (χ4n) is 4.28. The number of alkyl carbamates (subject to hydrolysis) is 1. The molecule has 33 heavy (non-hydrogen) atoms. The minimum Gasteiger partial charge on any atom is -0.480 e. The molecule has 0 saturated heterocycles. The molecule has 0 bridgehead atoms. The number of carbonyl (C=O) groups is 3. The first kappa shape index (κ1) is 29.2. The Balaban J connectivity index is 2.77. The van der Waals surface area contributed by atoms with E-state index in [4.69, 9.17) is 20.5 Å². The summed E-state index contributed by atoms with van der Waals surface area (Å²) in [6, 6.07) is -0.786. The molecule has 0 unspecified atom stereocenters. The van der Waals surface area contributed by atoms with Crippen molar-refractivity contribution in [3.63, 3.8) is 0 Å². The molecular formula is C22H42BN3O7. The minimum atomic E-state index is -1.52. The number of aliphatic carboxylic acids is 1. The van der Waals surface area contributed by atoms with E-state index in [1.54, 1.807) is 20.8 Å². The van der Waals surface area contributed by atoms with Crippen molar-refractivity contribution in [3.05, 3.63) is 0 Å². The normalized spacial score (nSPS) is 24.0. The zero-order valence-corrected chi connectivity index (χ0v) is 20.4. The van der Waals surface area contributed by atoms with Gasteiger partial charge in [0.15, 0.2) is 0 Å². The monoisotopic (exact) mass is 471 g/mol. The smallest absolute Gasteiger partial charge is 0.451 e. The van der Waals surface area contributed by atoms with Crippen molar-refractivity contribution in [1.82, 2.24) is 10.6 Å². The van der Waals surface area contributed by atoms with Crippen molar-refractivity contribution in [2.45, 2.75) is 103 Å². The molecule has 0 radical (unpaired) electrons. The first-order valence-electron chi connectivity index (χ1n) is 11.9. The Bertz CT molecular complexity index is 656. The van der Waals surface area contributed by atoms with E-state index in [1.807, 2.05) is 6.92 Å². The highest BCUT2D eigenvalue weighted by molar-refractivity contribution is 6.40. The number of hydrogen-bond acceptors (Lipinski definition) is 7. The second-order valence-electron chi connectivity index (χ2n) is 10.2. The van der Waals surface area contributed by atoms with Gasteiger partial charge in [-0.15, -0.1) is 0 Å².